The molecule has 7 heteroatoms. The molecular weight excluding hydrogens is 303 g/mol. The topological polar surface area (TPSA) is 49.3 Å². The maximum absolute atomic E-state index is 12.9. The lowest BCUT2D eigenvalue weighted by Crippen LogP contribution is -2.39. The zero-order valence-corrected chi connectivity index (χ0v) is 10.1. The molecule has 0 radical (unpaired) electrons. The van der Waals surface area contributed by atoms with E-state index in [2.05, 4.69) is 15.9 Å². The number of aliphatic hydroxyl groups is 1. The predicted octanol–water partition coefficient (Wildman–Crippen LogP) is 1.95. The Bertz CT molecular complexity index is 406. The molecule has 0 unspecified atom stereocenters. The van der Waals surface area contributed by atoms with Crippen molar-refractivity contribution >= 4 is 21.8 Å². The van der Waals surface area contributed by atoms with Crippen LogP contribution in [0.2, 0.25) is 0 Å². The minimum absolute atomic E-state index is 0.0781. The second kappa shape index (κ2) is 5.50. The van der Waals surface area contributed by atoms with Crippen molar-refractivity contribution in [3.8, 4) is 0 Å². The molecule has 0 atom stereocenters. The third kappa shape index (κ3) is 4.35. The number of halogens is 4. The fourth-order valence-corrected chi connectivity index (χ4v) is 1.52. The Kier molecular flexibility index (Phi) is 4.53. The molecule has 0 aliphatic rings. The van der Waals surface area contributed by atoms with Gasteiger partial charge in [0.2, 0.25) is 0 Å². The van der Waals surface area contributed by atoms with Crippen LogP contribution in [0.4, 0.5) is 13.2 Å². The van der Waals surface area contributed by atoms with Gasteiger partial charge >= 0.3 is 0 Å². The molecule has 1 rings (SSSR count). The van der Waals surface area contributed by atoms with Crippen LogP contribution in [0.25, 0.3) is 0 Å². The fraction of sp³-hybridized carbons (Fsp3) is 0.300. The number of carbonyl (C=O) groups excluding carboxylic acids is 1. The van der Waals surface area contributed by atoms with Gasteiger partial charge in [-0.2, -0.15) is 0 Å². The maximum Gasteiger partial charge on any atom is 0.287 e. The first-order valence-corrected chi connectivity index (χ1v) is 5.36. The van der Waals surface area contributed by atoms with Gasteiger partial charge in [0.25, 0.3) is 11.8 Å². The first-order valence-electron chi connectivity index (χ1n) is 4.57. The van der Waals surface area contributed by atoms with E-state index in [1.807, 2.05) is 5.32 Å². The van der Waals surface area contributed by atoms with Crippen LogP contribution in [0.15, 0.2) is 22.7 Å². The van der Waals surface area contributed by atoms with Crippen molar-refractivity contribution in [1.29, 1.82) is 0 Å². The molecule has 1 aromatic rings. The summed E-state index contributed by atoms with van der Waals surface area (Å²) >= 11 is 2.98. The summed E-state index contributed by atoms with van der Waals surface area (Å²) in [6.45, 7) is -2.36. The Labute approximate surface area is 104 Å². The van der Waals surface area contributed by atoms with E-state index in [-0.39, 0.29) is 5.56 Å². The predicted molar refractivity (Wildman–Crippen MR) is 58.5 cm³/mol. The molecule has 0 saturated heterocycles. The summed E-state index contributed by atoms with van der Waals surface area (Å²) < 4.78 is 38.5. The normalized spacial score (nSPS) is 11.4. The van der Waals surface area contributed by atoms with Crippen molar-refractivity contribution < 1.29 is 23.1 Å². The Morgan fingerprint density at radius 3 is 2.59 bits per heavy atom. The first-order chi connectivity index (χ1) is 7.84. The van der Waals surface area contributed by atoms with Gasteiger partial charge in [0, 0.05) is 10.0 Å². The fourth-order valence-electron chi connectivity index (χ4n) is 1.05. The molecular formula is C10H9BrF3NO2. The monoisotopic (exact) mass is 311 g/mol. The summed E-state index contributed by atoms with van der Waals surface area (Å²) in [7, 11) is 0. The van der Waals surface area contributed by atoms with E-state index in [4.69, 9.17) is 5.11 Å². The second-order valence-corrected chi connectivity index (χ2v) is 4.27. The van der Waals surface area contributed by atoms with Crippen LogP contribution in [0, 0.1) is 5.82 Å². The van der Waals surface area contributed by atoms with Gasteiger partial charge in [-0.1, -0.05) is 15.9 Å². The molecule has 17 heavy (non-hydrogen) atoms. The average Bonchev–Trinajstić information content (AvgIpc) is 2.24. The summed E-state index contributed by atoms with van der Waals surface area (Å²) in [5.41, 5.74) is -0.0781. The van der Waals surface area contributed by atoms with Crippen molar-refractivity contribution in [3.63, 3.8) is 0 Å². The van der Waals surface area contributed by atoms with Gasteiger partial charge in [0.15, 0.2) is 0 Å². The SMILES string of the molecule is O=C(NCC(F)(F)CO)c1cc(F)cc(Br)c1. The summed E-state index contributed by atoms with van der Waals surface area (Å²) in [5, 5.41) is 10.2. The van der Waals surface area contributed by atoms with Crippen LogP contribution in [0.1, 0.15) is 10.4 Å². The quantitative estimate of drug-likeness (QED) is 0.893. The molecule has 1 amide bonds. The lowest BCUT2D eigenvalue weighted by molar-refractivity contribution is -0.0462. The largest absolute Gasteiger partial charge is 0.390 e. The number of carbonyl (C=O) groups is 1. The van der Waals surface area contributed by atoms with Gasteiger partial charge < -0.3 is 10.4 Å². The molecule has 0 spiro atoms. The van der Waals surface area contributed by atoms with Crippen LogP contribution in [0.5, 0.6) is 0 Å². The van der Waals surface area contributed by atoms with E-state index in [0.717, 1.165) is 12.1 Å². The number of aliphatic hydroxyl groups excluding tert-OH is 1. The summed E-state index contributed by atoms with van der Waals surface area (Å²) in [6, 6.07) is 3.37. The minimum Gasteiger partial charge on any atom is -0.390 e. The van der Waals surface area contributed by atoms with Gasteiger partial charge in [0.1, 0.15) is 12.4 Å². The Balaban J connectivity index is 2.70. The number of hydrogen-bond acceptors (Lipinski definition) is 2. The van der Waals surface area contributed by atoms with Crippen LogP contribution in [-0.4, -0.2) is 30.1 Å². The van der Waals surface area contributed by atoms with E-state index in [9.17, 15) is 18.0 Å². The Hall–Kier alpha value is -1.08. The number of benzene rings is 1. The Morgan fingerprint density at radius 2 is 2.06 bits per heavy atom. The molecule has 0 fully saturated rings. The van der Waals surface area contributed by atoms with Gasteiger partial charge in [-0.15, -0.1) is 0 Å². The third-order valence-corrected chi connectivity index (χ3v) is 2.32. The molecule has 0 heterocycles. The van der Waals surface area contributed by atoms with Crippen LogP contribution in [-0.2, 0) is 0 Å². The van der Waals surface area contributed by atoms with Gasteiger partial charge in [-0.25, -0.2) is 13.2 Å². The zero-order valence-electron chi connectivity index (χ0n) is 8.51. The summed E-state index contributed by atoms with van der Waals surface area (Å²) in [4.78, 5) is 11.4. The van der Waals surface area contributed by atoms with E-state index in [1.165, 1.54) is 6.07 Å². The number of hydrogen-bond donors (Lipinski definition) is 2. The lowest BCUT2D eigenvalue weighted by atomic mass is 10.2. The number of alkyl halides is 2. The van der Waals surface area contributed by atoms with Crippen LogP contribution in [0.3, 0.4) is 0 Å². The van der Waals surface area contributed by atoms with Gasteiger partial charge in [-0.3, -0.25) is 4.79 Å². The van der Waals surface area contributed by atoms with E-state index in [1.54, 1.807) is 0 Å². The standard InChI is InChI=1S/C10H9BrF3NO2/c11-7-1-6(2-8(12)3-7)9(17)15-4-10(13,14)5-16/h1-3,16H,4-5H2,(H,15,17). The zero-order chi connectivity index (χ0) is 13.1. The highest BCUT2D eigenvalue weighted by Gasteiger charge is 2.28. The maximum atomic E-state index is 12.9. The molecule has 1 aromatic carbocycles. The molecule has 0 bridgehead atoms. The highest BCUT2D eigenvalue weighted by atomic mass is 79.9. The molecule has 0 aliphatic heterocycles. The van der Waals surface area contributed by atoms with E-state index < -0.39 is 30.8 Å². The van der Waals surface area contributed by atoms with Gasteiger partial charge in [0.05, 0.1) is 6.54 Å². The van der Waals surface area contributed by atoms with Gasteiger partial charge in [-0.05, 0) is 18.2 Å². The molecule has 2 N–H and O–H groups in total. The van der Waals surface area contributed by atoms with Crippen LogP contribution < -0.4 is 5.32 Å². The summed E-state index contributed by atoms with van der Waals surface area (Å²) in [5.74, 6) is -4.88. The van der Waals surface area contributed by atoms with Crippen molar-refractivity contribution in [2.24, 2.45) is 0 Å². The summed E-state index contributed by atoms with van der Waals surface area (Å²) in [6.07, 6.45) is 0. The molecule has 0 aromatic heterocycles. The average molecular weight is 312 g/mol. The van der Waals surface area contributed by atoms with Crippen molar-refractivity contribution in [2.75, 3.05) is 13.2 Å². The third-order valence-electron chi connectivity index (χ3n) is 1.86. The van der Waals surface area contributed by atoms with E-state index in [0.29, 0.717) is 4.47 Å². The number of nitrogens with one attached hydrogen (secondary N) is 1. The molecule has 3 nitrogen and oxygen atoms in total. The highest BCUT2D eigenvalue weighted by Crippen LogP contribution is 2.15. The van der Waals surface area contributed by atoms with Crippen molar-refractivity contribution in [3.05, 3.63) is 34.1 Å². The van der Waals surface area contributed by atoms with E-state index >= 15 is 0 Å². The number of rotatable bonds is 4. The van der Waals surface area contributed by atoms with Crippen molar-refractivity contribution in [1.82, 2.24) is 5.32 Å². The molecule has 0 aliphatic carbocycles. The lowest BCUT2D eigenvalue weighted by Gasteiger charge is -2.13. The Morgan fingerprint density at radius 1 is 1.41 bits per heavy atom. The minimum atomic E-state index is -3.39. The second-order valence-electron chi connectivity index (χ2n) is 3.35. The molecule has 0 saturated carbocycles. The smallest absolute Gasteiger partial charge is 0.287 e. The highest BCUT2D eigenvalue weighted by molar-refractivity contribution is 9.10. The first kappa shape index (κ1) is 14.0. The van der Waals surface area contributed by atoms with Crippen molar-refractivity contribution in [2.45, 2.75) is 5.92 Å². The van der Waals surface area contributed by atoms with Crippen LogP contribution >= 0.6 is 15.9 Å². The molecule has 94 valence electrons. The number of amides is 1.